The van der Waals surface area contributed by atoms with Gasteiger partial charge in [0.15, 0.2) is 0 Å². The van der Waals surface area contributed by atoms with E-state index in [4.69, 9.17) is 19.5 Å². The summed E-state index contributed by atoms with van der Waals surface area (Å²) in [7, 11) is -3.42. The summed E-state index contributed by atoms with van der Waals surface area (Å²) in [5, 5.41) is 0.443. The van der Waals surface area contributed by atoms with Gasteiger partial charge in [-0.05, 0) is 38.8 Å². The lowest BCUT2D eigenvalue weighted by Gasteiger charge is -2.21. The van der Waals surface area contributed by atoms with Crippen molar-refractivity contribution in [3.05, 3.63) is 29.8 Å². The van der Waals surface area contributed by atoms with Crippen LogP contribution in [0.25, 0.3) is 0 Å². The summed E-state index contributed by atoms with van der Waals surface area (Å²) in [6.45, 7) is 6.00. The van der Waals surface area contributed by atoms with Crippen LogP contribution in [0.4, 0.5) is 0 Å². The van der Waals surface area contributed by atoms with Crippen molar-refractivity contribution < 1.29 is 23.1 Å². The molecule has 0 bridgehead atoms. The van der Waals surface area contributed by atoms with E-state index in [0.29, 0.717) is 10.9 Å². The maximum absolute atomic E-state index is 12.9. The van der Waals surface area contributed by atoms with Gasteiger partial charge in [0.2, 0.25) is 0 Å². The Morgan fingerprint density at radius 2 is 1.70 bits per heavy atom. The van der Waals surface area contributed by atoms with Crippen molar-refractivity contribution in [3.8, 4) is 0 Å². The van der Waals surface area contributed by atoms with E-state index in [-0.39, 0.29) is 38.6 Å². The molecule has 0 saturated carbocycles. The molecule has 1 aromatic rings. The van der Waals surface area contributed by atoms with Crippen LogP contribution < -0.4 is 11.0 Å². The number of carbonyl (C=O) groups excluding carboxylic acids is 1. The second-order valence-electron chi connectivity index (χ2n) is 4.52. The number of ether oxygens (including phenoxy) is 1. The van der Waals surface area contributed by atoms with Crippen LogP contribution in [0.1, 0.15) is 26.3 Å². The van der Waals surface area contributed by atoms with E-state index in [1.807, 2.05) is 0 Å². The average molecular weight is 366 g/mol. The first-order valence-electron chi connectivity index (χ1n) is 7.38. The predicted molar refractivity (Wildman–Crippen MR) is 92.5 cm³/mol. The number of nitrogens with two attached hydrogens (primary N) is 1. The summed E-state index contributed by atoms with van der Waals surface area (Å²) in [5.74, 6) is -0.486. The SMILES string of the molecule is CCOC(=O)[C@@H](N)Cc1ccccc1P(=O)(OCC)OCC.Cl. The zero-order valence-electron chi connectivity index (χ0n) is 13.7. The number of hydrogen-bond donors (Lipinski definition) is 1. The van der Waals surface area contributed by atoms with Crippen molar-refractivity contribution in [1.82, 2.24) is 0 Å². The van der Waals surface area contributed by atoms with Crippen molar-refractivity contribution >= 4 is 31.3 Å². The van der Waals surface area contributed by atoms with Crippen LogP contribution in [-0.2, 0) is 29.6 Å². The van der Waals surface area contributed by atoms with Gasteiger partial charge in [-0.15, -0.1) is 12.4 Å². The maximum Gasteiger partial charge on any atom is 0.361 e. The van der Waals surface area contributed by atoms with Gasteiger partial charge >= 0.3 is 13.6 Å². The number of esters is 1. The number of rotatable bonds is 9. The zero-order chi connectivity index (χ0) is 16.6. The second kappa shape index (κ2) is 10.8. The van der Waals surface area contributed by atoms with Gasteiger partial charge in [-0.3, -0.25) is 9.36 Å². The fourth-order valence-electron chi connectivity index (χ4n) is 2.04. The molecule has 0 radical (unpaired) electrons. The van der Waals surface area contributed by atoms with Crippen molar-refractivity contribution in [2.24, 2.45) is 5.73 Å². The molecule has 0 fully saturated rings. The lowest BCUT2D eigenvalue weighted by Crippen LogP contribution is -2.35. The minimum absolute atomic E-state index is 0. The van der Waals surface area contributed by atoms with E-state index >= 15 is 0 Å². The molecule has 1 atom stereocenters. The minimum atomic E-state index is -3.42. The highest BCUT2D eigenvalue weighted by Crippen LogP contribution is 2.47. The minimum Gasteiger partial charge on any atom is -0.465 e. The molecular formula is C15H25ClNO5P. The van der Waals surface area contributed by atoms with E-state index in [0.717, 1.165) is 0 Å². The summed E-state index contributed by atoms with van der Waals surface area (Å²) in [5.41, 5.74) is 6.51. The normalized spacial score (nSPS) is 12.3. The molecule has 0 saturated heterocycles. The fourth-order valence-corrected chi connectivity index (χ4v) is 3.86. The molecule has 0 spiro atoms. The molecule has 0 aromatic heterocycles. The lowest BCUT2D eigenvalue weighted by atomic mass is 10.1. The van der Waals surface area contributed by atoms with Crippen LogP contribution in [0, 0.1) is 0 Å². The topological polar surface area (TPSA) is 87.9 Å². The van der Waals surface area contributed by atoms with Crippen LogP contribution >= 0.6 is 20.0 Å². The first-order chi connectivity index (χ1) is 10.5. The molecule has 1 rings (SSSR count). The van der Waals surface area contributed by atoms with Gasteiger partial charge in [0, 0.05) is 0 Å². The van der Waals surface area contributed by atoms with Crippen molar-refractivity contribution in [2.75, 3.05) is 19.8 Å². The zero-order valence-corrected chi connectivity index (χ0v) is 15.4. The first kappa shape index (κ1) is 22.1. The highest BCUT2D eigenvalue weighted by Gasteiger charge is 2.30. The largest absolute Gasteiger partial charge is 0.465 e. The summed E-state index contributed by atoms with van der Waals surface area (Å²) in [6.07, 6.45) is 0.207. The van der Waals surface area contributed by atoms with E-state index in [1.165, 1.54) is 0 Å². The summed E-state index contributed by atoms with van der Waals surface area (Å²) < 4.78 is 28.5. The van der Waals surface area contributed by atoms with Crippen molar-refractivity contribution in [2.45, 2.75) is 33.2 Å². The molecule has 1 aromatic carbocycles. The highest BCUT2D eigenvalue weighted by atomic mass is 35.5. The van der Waals surface area contributed by atoms with Gasteiger partial charge in [0.25, 0.3) is 0 Å². The average Bonchev–Trinajstić information content (AvgIpc) is 2.48. The number of benzene rings is 1. The fraction of sp³-hybridized carbons (Fsp3) is 0.533. The summed E-state index contributed by atoms with van der Waals surface area (Å²) in [4.78, 5) is 11.7. The molecule has 0 aliphatic rings. The Balaban J connectivity index is 0.00000484. The smallest absolute Gasteiger partial charge is 0.361 e. The van der Waals surface area contributed by atoms with Gasteiger partial charge in [0.05, 0.1) is 25.1 Å². The van der Waals surface area contributed by atoms with Crippen LogP contribution in [0.2, 0.25) is 0 Å². The van der Waals surface area contributed by atoms with E-state index < -0.39 is 19.6 Å². The molecule has 132 valence electrons. The Morgan fingerprint density at radius 1 is 1.13 bits per heavy atom. The Bertz CT molecular complexity index is 530. The molecule has 2 N–H and O–H groups in total. The molecule has 0 aliphatic carbocycles. The summed E-state index contributed by atoms with van der Waals surface area (Å²) in [6, 6.07) is 6.16. The quantitative estimate of drug-likeness (QED) is 0.534. The van der Waals surface area contributed by atoms with E-state index in [9.17, 15) is 9.36 Å². The standard InChI is InChI=1S/C15H24NO5P.ClH/c1-4-19-15(17)13(16)11-12-9-7-8-10-14(12)22(18,20-5-2)21-6-3;/h7-10,13H,4-6,11,16H2,1-3H3;1H/t13-;/m0./s1. The van der Waals surface area contributed by atoms with Crippen LogP contribution in [0.15, 0.2) is 24.3 Å². The predicted octanol–water partition coefficient (Wildman–Crippen LogP) is 2.43. The van der Waals surface area contributed by atoms with E-state index in [2.05, 4.69) is 0 Å². The summed E-state index contributed by atoms with van der Waals surface area (Å²) >= 11 is 0. The Hall–Kier alpha value is -0.910. The van der Waals surface area contributed by atoms with Crippen molar-refractivity contribution in [1.29, 1.82) is 0 Å². The van der Waals surface area contributed by atoms with Gasteiger partial charge < -0.3 is 19.5 Å². The molecular weight excluding hydrogens is 341 g/mol. The van der Waals surface area contributed by atoms with Gasteiger partial charge in [0.1, 0.15) is 6.04 Å². The number of carbonyl (C=O) groups is 1. The van der Waals surface area contributed by atoms with Gasteiger partial charge in [-0.1, -0.05) is 18.2 Å². The monoisotopic (exact) mass is 365 g/mol. The second-order valence-corrected chi connectivity index (χ2v) is 6.52. The molecule has 8 heteroatoms. The molecule has 0 amide bonds. The Morgan fingerprint density at radius 3 is 2.22 bits per heavy atom. The molecule has 23 heavy (non-hydrogen) atoms. The Labute approximate surface area is 143 Å². The third-order valence-corrected chi connectivity index (χ3v) is 5.14. The van der Waals surface area contributed by atoms with Crippen LogP contribution in [0.3, 0.4) is 0 Å². The molecule has 0 aliphatic heterocycles. The first-order valence-corrected chi connectivity index (χ1v) is 8.92. The van der Waals surface area contributed by atoms with E-state index in [1.54, 1.807) is 45.0 Å². The van der Waals surface area contributed by atoms with Gasteiger partial charge in [-0.2, -0.15) is 0 Å². The number of halogens is 1. The number of hydrogen-bond acceptors (Lipinski definition) is 6. The maximum atomic E-state index is 12.9. The lowest BCUT2D eigenvalue weighted by molar-refractivity contribution is -0.144. The highest BCUT2D eigenvalue weighted by molar-refractivity contribution is 7.62. The third kappa shape index (κ3) is 6.24. The Kier molecular flexibility index (Phi) is 10.4. The van der Waals surface area contributed by atoms with Gasteiger partial charge in [-0.25, -0.2) is 0 Å². The molecule has 6 nitrogen and oxygen atoms in total. The third-order valence-electron chi connectivity index (χ3n) is 2.91. The molecule has 0 unspecified atom stereocenters. The van der Waals surface area contributed by atoms with Crippen molar-refractivity contribution in [3.63, 3.8) is 0 Å². The van der Waals surface area contributed by atoms with Crippen LogP contribution in [0.5, 0.6) is 0 Å². The van der Waals surface area contributed by atoms with Crippen LogP contribution in [-0.4, -0.2) is 31.8 Å². The molecule has 0 heterocycles.